The van der Waals surface area contributed by atoms with Crippen molar-refractivity contribution in [2.24, 2.45) is 0 Å². The van der Waals surface area contributed by atoms with E-state index in [1.807, 2.05) is 6.92 Å². The lowest BCUT2D eigenvalue weighted by Gasteiger charge is -1.98. The van der Waals surface area contributed by atoms with Gasteiger partial charge in [0.25, 0.3) is 0 Å². The van der Waals surface area contributed by atoms with Crippen LogP contribution in [0.15, 0.2) is 22.9 Å². The Morgan fingerprint density at radius 1 is 1.75 bits per heavy atom. The van der Waals surface area contributed by atoms with Gasteiger partial charge < -0.3 is 4.74 Å². The van der Waals surface area contributed by atoms with Crippen LogP contribution in [-0.2, 0) is 4.74 Å². The number of hydrogen-bond acceptors (Lipinski definition) is 1. The van der Waals surface area contributed by atoms with Crippen LogP contribution in [0.5, 0.6) is 0 Å². The molecule has 0 spiro atoms. The smallest absolute Gasteiger partial charge is 0.128 e. The first-order valence-electron chi connectivity index (χ1n) is 2.25. The minimum absolute atomic E-state index is 0.782. The van der Waals surface area contributed by atoms with E-state index >= 15 is 0 Å². The summed E-state index contributed by atoms with van der Waals surface area (Å²) in [6.45, 7) is 5.44. The molecule has 0 atom stereocenters. The summed E-state index contributed by atoms with van der Waals surface area (Å²) in [7, 11) is 1.61. The van der Waals surface area contributed by atoms with E-state index < -0.39 is 0 Å². The first-order chi connectivity index (χ1) is 3.72. The van der Waals surface area contributed by atoms with E-state index in [4.69, 9.17) is 4.74 Å². The summed E-state index contributed by atoms with van der Waals surface area (Å²) in [4.78, 5) is 0. The van der Waals surface area contributed by atoms with Gasteiger partial charge in [0, 0.05) is 4.48 Å². The molecule has 1 nitrogen and oxygen atoms in total. The maximum absolute atomic E-state index is 4.88. The third kappa shape index (κ3) is 2.17. The first kappa shape index (κ1) is 7.76. The Hall–Kier alpha value is -0.240. The predicted octanol–water partition coefficient (Wildman–Crippen LogP) is 2.45. The summed E-state index contributed by atoms with van der Waals surface area (Å²) < 4.78 is 5.84. The van der Waals surface area contributed by atoms with Gasteiger partial charge in [0.05, 0.1) is 7.11 Å². The second-order valence-corrected chi connectivity index (χ2v) is 2.50. The molecular weight excluding hydrogens is 168 g/mol. The van der Waals surface area contributed by atoms with Gasteiger partial charge in [-0.15, -0.1) is 0 Å². The average molecular weight is 177 g/mol. The average Bonchev–Trinajstić information content (AvgIpc) is 1.69. The van der Waals surface area contributed by atoms with E-state index in [9.17, 15) is 0 Å². The van der Waals surface area contributed by atoms with Crippen LogP contribution in [-0.4, -0.2) is 7.11 Å². The molecule has 0 unspecified atom stereocenters. The van der Waals surface area contributed by atoms with E-state index in [1.54, 1.807) is 13.2 Å². The molecule has 0 saturated heterocycles. The summed E-state index contributed by atoms with van der Waals surface area (Å²) in [6.07, 6.45) is 1.66. The van der Waals surface area contributed by atoms with Crippen LogP contribution in [0.3, 0.4) is 0 Å². The second kappa shape index (κ2) is 3.72. The molecule has 0 aromatic rings. The molecule has 0 N–H and O–H groups in total. The number of halogens is 1. The molecule has 46 valence electrons. The molecule has 0 radical (unpaired) electrons. The topological polar surface area (TPSA) is 9.23 Å². The zero-order valence-corrected chi connectivity index (χ0v) is 6.66. The fourth-order valence-electron chi connectivity index (χ4n) is 0.365. The monoisotopic (exact) mass is 176 g/mol. The molecule has 0 saturated carbocycles. The van der Waals surface area contributed by atoms with E-state index in [-0.39, 0.29) is 0 Å². The molecule has 8 heavy (non-hydrogen) atoms. The Bertz CT molecular complexity index is 112. The van der Waals surface area contributed by atoms with Crippen LogP contribution in [0.4, 0.5) is 0 Å². The van der Waals surface area contributed by atoms with E-state index in [1.165, 1.54) is 0 Å². The van der Waals surface area contributed by atoms with Crippen molar-refractivity contribution in [1.29, 1.82) is 0 Å². The molecule has 0 aromatic heterocycles. The van der Waals surface area contributed by atoms with Gasteiger partial charge in [-0.05, 0) is 13.0 Å². The molecule has 0 aromatic carbocycles. The Labute approximate surface area is 58.2 Å². The van der Waals surface area contributed by atoms with Crippen LogP contribution in [0.25, 0.3) is 0 Å². The fourth-order valence-corrected chi connectivity index (χ4v) is 0.688. The minimum Gasteiger partial charge on any atom is -0.496 e. The third-order valence-corrected chi connectivity index (χ3v) is 1.14. The normalized spacial score (nSPS) is 12.4. The highest BCUT2D eigenvalue weighted by Gasteiger charge is 1.89. The van der Waals surface area contributed by atoms with Gasteiger partial charge in [0.15, 0.2) is 0 Å². The quantitative estimate of drug-likeness (QED) is 0.465. The number of methoxy groups -OCH3 is 1. The Kier molecular flexibility index (Phi) is 3.61. The lowest BCUT2D eigenvalue weighted by molar-refractivity contribution is 0.305. The van der Waals surface area contributed by atoms with E-state index in [0.717, 1.165) is 10.2 Å². The van der Waals surface area contributed by atoms with Gasteiger partial charge in [-0.25, -0.2) is 0 Å². The molecule has 0 aliphatic heterocycles. The molecular formula is C6H9BrO. The minimum atomic E-state index is 0.782. The van der Waals surface area contributed by atoms with Crippen molar-refractivity contribution in [3.8, 4) is 0 Å². The molecule has 0 amide bonds. The zero-order chi connectivity index (χ0) is 6.57. The van der Waals surface area contributed by atoms with Gasteiger partial charge in [-0.1, -0.05) is 22.5 Å². The van der Waals surface area contributed by atoms with Gasteiger partial charge >= 0.3 is 0 Å². The first-order valence-corrected chi connectivity index (χ1v) is 3.04. The summed E-state index contributed by atoms with van der Waals surface area (Å²) in [5.74, 6) is 0.782. The Balaban J connectivity index is 4.07. The molecule has 0 fully saturated rings. The SMILES string of the molecule is C=C/C(OC)=C(\C)Br. The molecule has 0 aliphatic carbocycles. The van der Waals surface area contributed by atoms with Crippen molar-refractivity contribution < 1.29 is 4.74 Å². The van der Waals surface area contributed by atoms with Crippen molar-refractivity contribution in [2.45, 2.75) is 6.92 Å². The van der Waals surface area contributed by atoms with Crippen LogP contribution in [0.2, 0.25) is 0 Å². The van der Waals surface area contributed by atoms with Crippen LogP contribution >= 0.6 is 15.9 Å². The molecule has 0 bridgehead atoms. The maximum atomic E-state index is 4.88. The summed E-state index contributed by atoms with van der Waals surface area (Å²) in [5, 5.41) is 0. The van der Waals surface area contributed by atoms with Crippen molar-refractivity contribution in [2.75, 3.05) is 7.11 Å². The molecule has 2 heteroatoms. The van der Waals surface area contributed by atoms with Gasteiger partial charge in [-0.2, -0.15) is 0 Å². The standard InChI is InChI=1S/C6H9BrO/c1-4-6(8-3)5(2)7/h4H,1H2,2-3H3/b6-5-. The Morgan fingerprint density at radius 2 is 2.25 bits per heavy atom. The van der Waals surface area contributed by atoms with Crippen molar-refractivity contribution in [3.05, 3.63) is 22.9 Å². The maximum Gasteiger partial charge on any atom is 0.128 e. The molecule has 0 aliphatic rings. The molecule has 0 heterocycles. The summed E-state index contributed by atoms with van der Waals surface area (Å²) in [6, 6.07) is 0. The highest BCUT2D eigenvalue weighted by molar-refractivity contribution is 9.11. The number of allylic oxidation sites excluding steroid dienone is 2. The molecule has 0 rings (SSSR count). The number of hydrogen-bond donors (Lipinski definition) is 0. The fraction of sp³-hybridized carbons (Fsp3) is 0.333. The summed E-state index contributed by atoms with van der Waals surface area (Å²) >= 11 is 3.24. The van der Waals surface area contributed by atoms with E-state index in [2.05, 4.69) is 22.5 Å². The lowest BCUT2D eigenvalue weighted by Crippen LogP contribution is -1.80. The second-order valence-electron chi connectivity index (χ2n) is 1.31. The highest BCUT2D eigenvalue weighted by atomic mass is 79.9. The van der Waals surface area contributed by atoms with Crippen LogP contribution < -0.4 is 0 Å². The van der Waals surface area contributed by atoms with Gasteiger partial charge in [-0.3, -0.25) is 0 Å². The van der Waals surface area contributed by atoms with Gasteiger partial charge in [0.2, 0.25) is 0 Å². The summed E-state index contributed by atoms with van der Waals surface area (Å²) in [5.41, 5.74) is 0. The van der Waals surface area contributed by atoms with Crippen molar-refractivity contribution in [3.63, 3.8) is 0 Å². The Morgan fingerprint density at radius 3 is 2.25 bits per heavy atom. The lowest BCUT2D eigenvalue weighted by atomic mass is 10.5. The van der Waals surface area contributed by atoms with Crippen molar-refractivity contribution in [1.82, 2.24) is 0 Å². The van der Waals surface area contributed by atoms with Crippen LogP contribution in [0.1, 0.15) is 6.92 Å². The predicted molar refractivity (Wildman–Crippen MR) is 38.8 cm³/mol. The van der Waals surface area contributed by atoms with Crippen LogP contribution in [0, 0.1) is 0 Å². The number of ether oxygens (including phenoxy) is 1. The highest BCUT2D eigenvalue weighted by Crippen LogP contribution is 2.11. The number of rotatable bonds is 2. The third-order valence-electron chi connectivity index (χ3n) is 0.745. The van der Waals surface area contributed by atoms with Gasteiger partial charge in [0.1, 0.15) is 5.76 Å². The largest absolute Gasteiger partial charge is 0.496 e. The van der Waals surface area contributed by atoms with E-state index in [0.29, 0.717) is 0 Å². The zero-order valence-electron chi connectivity index (χ0n) is 5.07. The van der Waals surface area contributed by atoms with Crippen molar-refractivity contribution >= 4 is 15.9 Å².